The van der Waals surface area contributed by atoms with Gasteiger partial charge in [-0.05, 0) is 13.3 Å². The summed E-state index contributed by atoms with van der Waals surface area (Å²) in [5.41, 5.74) is 0. The number of hydrogen-bond acceptors (Lipinski definition) is 5. The second kappa shape index (κ2) is 4.36. The van der Waals surface area contributed by atoms with Gasteiger partial charge in [0.25, 0.3) is 10.1 Å². The zero-order chi connectivity index (χ0) is 10.7. The average Bonchev–Trinajstić information content (AvgIpc) is 1.82. The molecule has 0 aliphatic carbocycles. The van der Waals surface area contributed by atoms with Gasteiger partial charge >= 0.3 is 10.4 Å². The lowest BCUT2D eigenvalue weighted by atomic mass is 10.3. The second-order valence-electron chi connectivity index (χ2n) is 2.59. The molecule has 0 spiro atoms. The molecule has 0 amide bonds. The van der Waals surface area contributed by atoms with Crippen LogP contribution in [0.4, 0.5) is 0 Å². The van der Waals surface area contributed by atoms with Crippen LogP contribution >= 0.6 is 0 Å². The maximum absolute atomic E-state index is 11.0. The summed E-state index contributed by atoms with van der Waals surface area (Å²) in [6.45, 7) is 3.06. The third-order valence-electron chi connectivity index (χ3n) is 1.37. The van der Waals surface area contributed by atoms with E-state index in [9.17, 15) is 16.8 Å². The topological polar surface area (TPSA) is 97.7 Å². The van der Waals surface area contributed by atoms with Gasteiger partial charge in [0.2, 0.25) is 0 Å². The summed E-state index contributed by atoms with van der Waals surface area (Å²) in [6.07, 6.45) is 0.854. The van der Waals surface area contributed by atoms with Gasteiger partial charge in [-0.2, -0.15) is 16.8 Å². The largest absolute Gasteiger partial charge is 0.412 e. The van der Waals surface area contributed by atoms with E-state index in [4.69, 9.17) is 4.55 Å². The van der Waals surface area contributed by atoms with Gasteiger partial charge in [0.15, 0.2) is 0 Å². The first-order valence-electron chi connectivity index (χ1n) is 3.61. The Hall–Kier alpha value is -0.180. The smallest absolute Gasteiger partial charge is 0.263 e. The molecule has 1 atom stereocenters. The minimum absolute atomic E-state index is 0.276. The first kappa shape index (κ1) is 12.8. The van der Waals surface area contributed by atoms with Crippen LogP contribution in [0, 0.1) is 0 Å². The molecule has 1 unspecified atom stereocenters. The molecule has 0 saturated heterocycles. The minimum Gasteiger partial charge on any atom is -0.263 e. The number of hydrogen-bond donors (Lipinski definition) is 1. The van der Waals surface area contributed by atoms with E-state index in [1.165, 1.54) is 6.92 Å². The standard InChI is InChI=1S/C5H12O6S2/c1-3-4-5(2)12(6,7)11-13(8,9)10/h5H,3-4H2,1-2H3,(H,8,9,10). The summed E-state index contributed by atoms with van der Waals surface area (Å²) in [5, 5.41) is -0.945. The molecule has 13 heavy (non-hydrogen) atoms. The molecule has 0 radical (unpaired) electrons. The summed E-state index contributed by atoms with van der Waals surface area (Å²) < 4.78 is 53.8. The predicted molar refractivity (Wildman–Crippen MR) is 45.9 cm³/mol. The molecule has 0 aromatic rings. The van der Waals surface area contributed by atoms with Crippen molar-refractivity contribution in [1.82, 2.24) is 0 Å². The molecule has 0 aliphatic rings. The van der Waals surface area contributed by atoms with E-state index in [-0.39, 0.29) is 6.42 Å². The monoisotopic (exact) mass is 232 g/mol. The van der Waals surface area contributed by atoms with E-state index < -0.39 is 25.8 Å². The van der Waals surface area contributed by atoms with Crippen molar-refractivity contribution < 1.29 is 25.0 Å². The van der Waals surface area contributed by atoms with Gasteiger partial charge in [-0.25, -0.2) is 0 Å². The van der Waals surface area contributed by atoms with Gasteiger partial charge in [0.1, 0.15) is 0 Å². The van der Waals surface area contributed by atoms with Crippen molar-refractivity contribution in [2.24, 2.45) is 0 Å². The summed E-state index contributed by atoms with van der Waals surface area (Å²) in [6, 6.07) is 0. The summed E-state index contributed by atoms with van der Waals surface area (Å²) in [7, 11) is -9.15. The van der Waals surface area contributed by atoms with E-state index in [2.05, 4.69) is 3.63 Å². The molecule has 0 rings (SSSR count). The van der Waals surface area contributed by atoms with E-state index >= 15 is 0 Å². The molecule has 80 valence electrons. The molecule has 0 fully saturated rings. The van der Waals surface area contributed by atoms with E-state index in [1.54, 1.807) is 6.92 Å². The lowest BCUT2D eigenvalue weighted by Crippen LogP contribution is -2.23. The average molecular weight is 232 g/mol. The fourth-order valence-electron chi connectivity index (χ4n) is 0.738. The van der Waals surface area contributed by atoms with Crippen molar-refractivity contribution in [1.29, 1.82) is 0 Å². The highest BCUT2D eigenvalue weighted by molar-refractivity contribution is 7.97. The molecular weight excluding hydrogens is 220 g/mol. The van der Waals surface area contributed by atoms with Crippen molar-refractivity contribution in [2.45, 2.75) is 31.9 Å². The zero-order valence-corrected chi connectivity index (χ0v) is 8.93. The van der Waals surface area contributed by atoms with Gasteiger partial charge in [-0.1, -0.05) is 13.3 Å². The normalized spacial score (nSPS) is 15.6. The fourth-order valence-corrected chi connectivity index (χ4v) is 2.76. The van der Waals surface area contributed by atoms with Crippen LogP contribution in [0.5, 0.6) is 0 Å². The van der Waals surface area contributed by atoms with Crippen molar-refractivity contribution in [3.8, 4) is 0 Å². The van der Waals surface area contributed by atoms with Crippen LogP contribution in [0.2, 0.25) is 0 Å². The van der Waals surface area contributed by atoms with Crippen LogP contribution < -0.4 is 0 Å². The van der Waals surface area contributed by atoms with Gasteiger partial charge in [0, 0.05) is 0 Å². The first-order chi connectivity index (χ1) is 5.69. The Balaban J connectivity index is 4.60. The molecule has 0 saturated carbocycles. The van der Waals surface area contributed by atoms with Gasteiger partial charge in [-0.15, -0.1) is 3.63 Å². The highest BCUT2D eigenvalue weighted by Crippen LogP contribution is 2.11. The Morgan fingerprint density at radius 1 is 1.31 bits per heavy atom. The molecule has 0 heterocycles. The maximum atomic E-state index is 11.0. The highest BCUT2D eigenvalue weighted by Gasteiger charge is 2.26. The van der Waals surface area contributed by atoms with Crippen LogP contribution in [-0.2, 0) is 24.1 Å². The van der Waals surface area contributed by atoms with Gasteiger partial charge in [0.05, 0.1) is 5.25 Å². The van der Waals surface area contributed by atoms with E-state index in [0.29, 0.717) is 6.42 Å². The number of rotatable bonds is 5. The van der Waals surface area contributed by atoms with Crippen LogP contribution in [-0.4, -0.2) is 26.6 Å². The first-order valence-corrected chi connectivity index (χ1v) is 6.45. The van der Waals surface area contributed by atoms with E-state index in [0.717, 1.165) is 0 Å². The van der Waals surface area contributed by atoms with Gasteiger partial charge in [-0.3, -0.25) is 4.55 Å². The Labute approximate surface area is 78.0 Å². The Kier molecular flexibility index (Phi) is 4.30. The Morgan fingerprint density at radius 2 is 1.77 bits per heavy atom. The SMILES string of the molecule is CCCC(C)S(=O)(=O)OS(=O)(=O)O. The molecule has 0 aromatic carbocycles. The molecule has 0 aliphatic heterocycles. The maximum Gasteiger partial charge on any atom is 0.412 e. The van der Waals surface area contributed by atoms with Crippen molar-refractivity contribution in [2.75, 3.05) is 0 Å². The molecule has 0 bridgehead atoms. The summed E-state index contributed by atoms with van der Waals surface area (Å²) >= 11 is 0. The molecule has 6 nitrogen and oxygen atoms in total. The molecule has 8 heteroatoms. The van der Waals surface area contributed by atoms with Crippen LogP contribution in [0.3, 0.4) is 0 Å². The summed E-state index contributed by atoms with van der Waals surface area (Å²) in [4.78, 5) is 0. The molecule has 0 aromatic heterocycles. The lowest BCUT2D eigenvalue weighted by Gasteiger charge is -2.08. The fraction of sp³-hybridized carbons (Fsp3) is 1.00. The van der Waals surface area contributed by atoms with Crippen LogP contribution in [0.1, 0.15) is 26.7 Å². The summed E-state index contributed by atoms with van der Waals surface area (Å²) in [5.74, 6) is 0. The lowest BCUT2D eigenvalue weighted by molar-refractivity contribution is 0.379. The predicted octanol–water partition coefficient (Wildman–Crippen LogP) is 0.324. The van der Waals surface area contributed by atoms with Crippen LogP contribution in [0.25, 0.3) is 0 Å². The molecular formula is C5H12O6S2. The molecule has 1 N–H and O–H groups in total. The van der Waals surface area contributed by atoms with Crippen LogP contribution in [0.15, 0.2) is 0 Å². The Bertz CT molecular complexity index is 339. The van der Waals surface area contributed by atoms with Crippen molar-refractivity contribution in [3.63, 3.8) is 0 Å². The highest BCUT2D eigenvalue weighted by atomic mass is 32.3. The Morgan fingerprint density at radius 3 is 2.08 bits per heavy atom. The second-order valence-corrected chi connectivity index (χ2v) is 5.78. The third kappa shape index (κ3) is 5.19. The quantitative estimate of drug-likeness (QED) is 0.686. The minimum atomic E-state index is -4.93. The van der Waals surface area contributed by atoms with Crippen molar-refractivity contribution in [3.05, 3.63) is 0 Å². The third-order valence-corrected chi connectivity index (χ3v) is 4.04. The van der Waals surface area contributed by atoms with Crippen molar-refractivity contribution >= 4 is 20.5 Å². The zero-order valence-electron chi connectivity index (χ0n) is 7.30. The van der Waals surface area contributed by atoms with E-state index in [1.807, 2.05) is 0 Å². The van der Waals surface area contributed by atoms with Gasteiger partial charge < -0.3 is 0 Å².